The van der Waals surface area contributed by atoms with Crippen LogP contribution in [0.15, 0.2) is 42.5 Å². The largest absolute Gasteiger partial charge is 0.481 e. The zero-order valence-electron chi connectivity index (χ0n) is 12.9. The highest BCUT2D eigenvalue weighted by Gasteiger charge is 2.16. The molecule has 0 aliphatic heterocycles. The van der Waals surface area contributed by atoms with Crippen LogP contribution in [0.5, 0.6) is 5.75 Å². The standard InChI is InChI=1S/C18H21NO2/c1-12-6-5-7-16(10-12)19-18(20)15(4)21-17-11-13(2)8-9-14(17)3/h5-11,15H,1-4H3,(H,19,20)/t15-/m0/s1. The summed E-state index contributed by atoms with van der Waals surface area (Å²) in [6, 6.07) is 13.7. The maximum Gasteiger partial charge on any atom is 0.265 e. The number of amides is 1. The van der Waals surface area contributed by atoms with Crippen LogP contribution >= 0.6 is 0 Å². The molecular weight excluding hydrogens is 262 g/mol. The number of aryl methyl sites for hydroxylation is 3. The van der Waals surface area contributed by atoms with Crippen molar-refractivity contribution in [1.29, 1.82) is 0 Å². The van der Waals surface area contributed by atoms with Crippen LogP contribution in [0.3, 0.4) is 0 Å². The van der Waals surface area contributed by atoms with Gasteiger partial charge in [0.15, 0.2) is 6.10 Å². The van der Waals surface area contributed by atoms with Crippen LogP contribution in [0.4, 0.5) is 5.69 Å². The Labute approximate surface area is 126 Å². The average Bonchev–Trinajstić information content (AvgIpc) is 2.43. The Morgan fingerprint density at radius 2 is 1.76 bits per heavy atom. The molecule has 3 nitrogen and oxygen atoms in total. The Hall–Kier alpha value is -2.29. The first-order chi connectivity index (χ1) is 9.95. The van der Waals surface area contributed by atoms with E-state index in [0.29, 0.717) is 0 Å². The number of nitrogens with one attached hydrogen (secondary N) is 1. The molecule has 1 amide bonds. The minimum atomic E-state index is -0.550. The molecule has 0 saturated heterocycles. The number of benzene rings is 2. The van der Waals surface area contributed by atoms with Gasteiger partial charge in [0.2, 0.25) is 0 Å². The zero-order chi connectivity index (χ0) is 15.4. The molecule has 110 valence electrons. The van der Waals surface area contributed by atoms with E-state index >= 15 is 0 Å². The number of carbonyl (C=O) groups is 1. The van der Waals surface area contributed by atoms with Crippen molar-refractivity contribution in [2.24, 2.45) is 0 Å². The molecule has 2 rings (SSSR count). The lowest BCUT2D eigenvalue weighted by Crippen LogP contribution is -2.30. The van der Waals surface area contributed by atoms with Crippen molar-refractivity contribution in [3.63, 3.8) is 0 Å². The van der Waals surface area contributed by atoms with Crippen LogP contribution in [0, 0.1) is 20.8 Å². The third-order valence-corrected chi connectivity index (χ3v) is 3.30. The third-order valence-electron chi connectivity index (χ3n) is 3.30. The number of rotatable bonds is 4. The summed E-state index contributed by atoms with van der Waals surface area (Å²) >= 11 is 0. The van der Waals surface area contributed by atoms with Crippen LogP contribution in [-0.4, -0.2) is 12.0 Å². The molecule has 0 aliphatic carbocycles. The highest BCUT2D eigenvalue weighted by Crippen LogP contribution is 2.21. The lowest BCUT2D eigenvalue weighted by Gasteiger charge is -2.17. The molecule has 1 atom stereocenters. The Morgan fingerprint density at radius 3 is 2.48 bits per heavy atom. The average molecular weight is 283 g/mol. The minimum Gasteiger partial charge on any atom is -0.481 e. The first kappa shape index (κ1) is 15.1. The van der Waals surface area contributed by atoms with Crippen molar-refractivity contribution in [2.75, 3.05) is 5.32 Å². The van der Waals surface area contributed by atoms with E-state index in [4.69, 9.17) is 4.74 Å². The van der Waals surface area contributed by atoms with Crippen molar-refractivity contribution in [3.8, 4) is 5.75 Å². The Kier molecular flexibility index (Phi) is 4.63. The molecule has 0 bridgehead atoms. The van der Waals surface area contributed by atoms with E-state index in [9.17, 15) is 4.79 Å². The lowest BCUT2D eigenvalue weighted by atomic mass is 10.1. The van der Waals surface area contributed by atoms with Crippen molar-refractivity contribution < 1.29 is 9.53 Å². The topological polar surface area (TPSA) is 38.3 Å². The lowest BCUT2D eigenvalue weighted by molar-refractivity contribution is -0.122. The second-order valence-corrected chi connectivity index (χ2v) is 5.39. The number of carbonyl (C=O) groups excluding carboxylic acids is 1. The predicted octanol–water partition coefficient (Wildman–Crippen LogP) is 4.02. The molecule has 0 fully saturated rings. The van der Waals surface area contributed by atoms with Gasteiger partial charge in [0.05, 0.1) is 0 Å². The first-order valence-corrected chi connectivity index (χ1v) is 7.07. The van der Waals surface area contributed by atoms with Crippen molar-refractivity contribution in [2.45, 2.75) is 33.8 Å². The molecule has 0 radical (unpaired) electrons. The summed E-state index contributed by atoms with van der Waals surface area (Å²) in [6.07, 6.45) is -0.550. The third kappa shape index (κ3) is 4.09. The fourth-order valence-corrected chi connectivity index (χ4v) is 2.04. The summed E-state index contributed by atoms with van der Waals surface area (Å²) < 4.78 is 5.78. The van der Waals surface area contributed by atoms with Crippen LogP contribution in [0.2, 0.25) is 0 Å². The van der Waals surface area contributed by atoms with E-state index in [1.165, 1.54) is 0 Å². The van der Waals surface area contributed by atoms with E-state index in [2.05, 4.69) is 5.32 Å². The molecular formula is C18H21NO2. The predicted molar refractivity (Wildman–Crippen MR) is 85.8 cm³/mol. The number of hydrogen-bond donors (Lipinski definition) is 1. The Morgan fingerprint density at radius 1 is 1.05 bits per heavy atom. The van der Waals surface area contributed by atoms with Gasteiger partial charge in [-0.25, -0.2) is 0 Å². The Bertz CT molecular complexity index is 649. The normalized spacial score (nSPS) is 11.8. The molecule has 0 spiro atoms. The van der Waals surface area contributed by atoms with E-state index < -0.39 is 6.10 Å². The van der Waals surface area contributed by atoms with Gasteiger partial charge in [0.25, 0.3) is 5.91 Å². The number of hydrogen-bond acceptors (Lipinski definition) is 2. The second kappa shape index (κ2) is 6.44. The summed E-state index contributed by atoms with van der Waals surface area (Å²) in [5.41, 5.74) is 4.03. The van der Waals surface area contributed by atoms with Crippen molar-refractivity contribution in [1.82, 2.24) is 0 Å². The highest BCUT2D eigenvalue weighted by molar-refractivity contribution is 5.94. The fraction of sp³-hybridized carbons (Fsp3) is 0.278. The van der Waals surface area contributed by atoms with Crippen LogP contribution < -0.4 is 10.1 Å². The summed E-state index contributed by atoms with van der Waals surface area (Å²) in [6.45, 7) is 7.72. The molecule has 0 aromatic heterocycles. The number of anilines is 1. The smallest absolute Gasteiger partial charge is 0.265 e. The maximum absolute atomic E-state index is 12.2. The molecule has 0 heterocycles. The van der Waals surface area contributed by atoms with Gasteiger partial charge in [-0.3, -0.25) is 4.79 Å². The SMILES string of the molecule is Cc1cccc(NC(=O)[C@H](C)Oc2cc(C)ccc2C)c1. The molecule has 21 heavy (non-hydrogen) atoms. The van der Waals surface area contributed by atoms with Crippen LogP contribution in [-0.2, 0) is 4.79 Å². The molecule has 0 unspecified atom stereocenters. The van der Waals surface area contributed by atoms with Gasteiger partial charge in [-0.05, 0) is 62.6 Å². The molecule has 0 saturated carbocycles. The van der Waals surface area contributed by atoms with Crippen LogP contribution in [0.1, 0.15) is 23.6 Å². The molecule has 0 aliphatic rings. The second-order valence-electron chi connectivity index (χ2n) is 5.39. The van der Waals surface area contributed by atoms with Gasteiger partial charge in [0, 0.05) is 5.69 Å². The fourth-order valence-electron chi connectivity index (χ4n) is 2.04. The Balaban J connectivity index is 2.04. The van der Waals surface area contributed by atoms with E-state index in [0.717, 1.165) is 28.1 Å². The molecule has 3 heteroatoms. The van der Waals surface area contributed by atoms with Gasteiger partial charge >= 0.3 is 0 Å². The van der Waals surface area contributed by atoms with Gasteiger partial charge in [-0.15, -0.1) is 0 Å². The van der Waals surface area contributed by atoms with Gasteiger partial charge < -0.3 is 10.1 Å². The van der Waals surface area contributed by atoms with E-state index in [-0.39, 0.29) is 5.91 Å². The summed E-state index contributed by atoms with van der Waals surface area (Å²) in [5, 5.41) is 2.87. The molecule has 2 aromatic rings. The molecule has 2 aromatic carbocycles. The summed E-state index contributed by atoms with van der Waals surface area (Å²) in [7, 11) is 0. The maximum atomic E-state index is 12.2. The summed E-state index contributed by atoms with van der Waals surface area (Å²) in [5.74, 6) is 0.600. The quantitative estimate of drug-likeness (QED) is 0.920. The molecule has 1 N–H and O–H groups in total. The first-order valence-electron chi connectivity index (χ1n) is 7.07. The van der Waals surface area contributed by atoms with E-state index in [1.807, 2.05) is 63.2 Å². The van der Waals surface area contributed by atoms with Gasteiger partial charge in [-0.2, -0.15) is 0 Å². The minimum absolute atomic E-state index is 0.151. The number of ether oxygens (including phenoxy) is 1. The highest BCUT2D eigenvalue weighted by atomic mass is 16.5. The van der Waals surface area contributed by atoms with E-state index in [1.54, 1.807) is 6.92 Å². The van der Waals surface area contributed by atoms with Crippen LogP contribution in [0.25, 0.3) is 0 Å². The van der Waals surface area contributed by atoms with Crippen molar-refractivity contribution in [3.05, 3.63) is 59.2 Å². The monoisotopic (exact) mass is 283 g/mol. The zero-order valence-corrected chi connectivity index (χ0v) is 12.9. The van der Waals surface area contributed by atoms with Crippen molar-refractivity contribution >= 4 is 11.6 Å². The van der Waals surface area contributed by atoms with Gasteiger partial charge in [0.1, 0.15) is 5.75 Å². The summed E-state index contributed by atoms with van der Waals surface area (Å²) in [4.78, 5) is 12.2. The van der Waals surface area contributed by atoms with Gasteiger partial charge in [-0.1, -0.05) is 24.3 Å².